The van der Waals surface area contributed by atoms with Gasteiger partial charge in [-0.05, 0) is 93.5 Å². The predicted octanol–water partition coefficient (Wildman–Crippen LogP) is 5.74. The van der Waals surface area contributed by atoms with E-state index in [1.807, 2.05) is 13.8 Å². The van der Waals surface area contributed by atoms with Crippen LogP contribution >= 0.6 is 13.5 Å². The number of aliphatic carboxylic acids is 1. The molecule has 1 aromatic carbocycles. The van der Waals surface area contributed by atoms with Gasteiger partial charge in [-0.15, -0.1) is 10.2 Å². The van der Waals surface area contributed by atoms with E-state index in [1.54, 1.807) is 52.0 Å². The van der Waals surface area contributed by atoms with Crippen LogP contribution in [0.4, 0.5) is 19.0 Å². The van der Waals surface area contributed by atoms with E-state index in [-0.39, 0.29) is 55.7 Å². The standard InChI is InChI=1S/C37H45F3N6O7S.H2S/c1-21-7-8-25(29(35(5,6)34(48)49)27-9-13-46-31(24(27)4)43-44-33(46)37(38,39)40)18-26(21)19-45-20-36(11-15-52-16-12-36)53-32-28(54(45,50)51)17-22(2)30(42-32)41-23(3)10-14-47;/h7-9,13,17-18,23,29,47H,10-12,14-16,19-20H2,1-6H3,(H,41,42)(H,48,49);1H2/t23-,29+;/m0./s1. The van der Waals surface area contributed by atoms with Gasteiger partial charge >= 0.3 is 12.1 Å². The number of pyridine rings is 2. The average Bonchev–Trinajstić information content (AvgIpc) is 3.52. The maximum atomic E-state index is 14.6. The van der Waals surface area contributed by atoms with Crippen molar-refractivity contribution >= 4 is 41.0 Å². The lowest BCUT2D eigenvalue weighted by Gasteiger charge is -2.38. The molecule has 4 aromatic rings. The number of hydrogen-bond acceptors (Lipinski definition) is 10. The number of rotatable bonds is 10. The number of fused-ring (bicyclic) bond motifs is 2. The number of ether oxygens (including phenoxy) is 2. The number of carboxylic acids is 1. The molecule has 1 saturated heterocycles. The Bertz CT molecular complexity index is 2190. The molecule has 6 rings (SSSR count). The summed E-state index contributed by atoms with van der Waals surface area (Å²) in [6.07, 6.45) is -2.28. The lowest BCUT2D eigenvalue weighted by molar-refractivity contribution is -0.147. The summed E-state index contributed by atoms with van der Waals surface area (Å²) in [6.45, 7) is 10.7. The van der Waals surface area contributed by atoms with E-state index in [9.17, 15) is 36.6 Å². The van der Waals surface area contributed by atoms with Gasteiger partial charge in [-0.3, -0.25) is 9.20 Å². The second kappa shape index (κ2) is 15.5. The molecule has 0 bridgehead atoms. The molecule has 300 valence electrons. The summed E-state index contributed by atoms with van der Waals surface area (Å²) in [5, 5.41) is 30.3. The van der Waals surface area contributed by atoms with E-state index in [0.717, 1.165) is 9.96 Å². The van der Waals surface area contributed by atoms with Crippen molar-refractivity contribution in [3.05, 3.63) is 75.7 Å². The van der Waals surface area contributed by atoms with Crippen molar-refractivity contribution < 1.29 is 46.1 Å². The molecule has 1 spiro atoms. The number of benzene rings is 1. The third kappa shape index (κ3) is 8.01. The van der Waals surface area contributed by atoms with Crippen LogP contribution in [0.1, 0.15) is 85.2 Å². The first-order valence-corrected chi connectivity index (χ1v) is 19.1. The smallest absolute Gasteiger partial charge is 0.452 e. The molecular weight excluding hydrogens is 762 g/mol. The Kier molecular flexibility index (Phi) is 11.9. The Morgan fingerprint density at radius 1 is 1.07 bits per heavy atom. The zero-order valence-corrected chi connectivity index (χ0v) is 33.3. The number of halogens is 3. The van der Waals surface area contributed by atoms with Crippen molar-refractivity contribution in [3.8, 4) is 5.88 Å². The van der Waals surface area contributed by atoms with E-state index < -0.39 is 44.9 Å². The maximum absolute atomic E-state index is 14.6. The van der Waals surface area contributed by atoms with Gasteiger partial charge < -0.3 is 25.0 Å². The van der Waals surface area contributed by atoms with Crippen molar-refractivity contribution in [2.75, 3.05) is 31.7 Å². The number of alkyl halides is 3. The number of hydrogen-bond donors (Lipinski definition) is 3. The van der Waals surface area contributed by atoms with E-state index in [0.29, 0.717) is 66.1 Å². The van der Waals surface area contributed by atoms with Gasteiger partial charge in [0.1, 0.15) is 16.3 Å². The van der Waals surface area contributed by atoms with E-state index in [2.05, 4.69) is 20.5 Å². The number of aryl methyl sites for hydroxylation is 3. The summed E-state index contributed by atoms with van der Waals surface area (Å²) < 4.78 is 84.8. The van der Waals surface area contributed by atoms with Crippen LogP contribution in [0.25, 0.3) is 5.65 Å². The predicted molar refractivity (Wildman–Crippen MR) is 202 cm³/mol. The monoisotopic (exact) mass is 808 g/mol. The van der Waals surface area contributed by atoms with Gasteiger partial charge in [0.2, 0.25) is 21.7 Å². The van der Waals surface area contributed by atoms with Crippen molar-refractivity contribution in [2.45, 2.75) is 96.0 Å². The fraction of sp³-hybridized carbons (Fsp3) is 0.514. The van der Waals surface area contributed by atoms with Crippen LogP contribution in [0.3, 0.4) is 0 Å². The molecule has 3 N–H and O–H groups in total. The highest BCUT2D eigenvalue weighted by Crippen LogP contribution is 2.45. The SMILES string of the molecule is Cc1ccc([C@H](c2ccn3c(C(F)(F)F)nnc3c2C)C(C)(C)C(=O)O)cc1CN1CC2(CCOCC2)Oc2nc(N[C@@H](C)CCO)c(C)cc2S1(=O)=O.S. The van der Waals surface area contributed by atoms with Crippen LogP contribution in [0, 0.1) is 26.2 Å². The highest BCUT2D eigenvalue weighted by atomic mass is 32.2. The minimum absolute atomic E-state index is 0. The third-order valence-corrected chi connectivity index (χ3v) is 12.4. The molecule has 5 heterocycles. The second-order valence-electron chi connectivity index (χ2n) is 14.9. The van der Waals surface area contributed by atoms with Crippen molar-refractivity contribution in [1.29, 1.82) is 0 Å². The number of sulfonamides is 1. The first-order chi connectivity index (χ1) is 25.3. The Labute approximate surface area is 324 Å². The topological polar surface area (TPSA) is 168 Å². The lowest BCUT2D eigenvalue weighted by atomic mass is 9.70. The molecule has 13 nitrogen and oxygen atoms in total. The number of aromatic nitrogens is 4. The fourth-order valence-electron chi connectivity index (χ4n) is 7.35. The van der Waals surface area contributed by atoms with Gasteiger partial charge in [-0.1, -0.05) is 18.2 Å². The maximum Gasteiger partial charge on any atom is 0.452 e. The first-order valence-electron chi connectivity index (χ1n) is 17.7. The molecule has 0 radical (unpaired) electrons. The normalized spacial score (nSPS) is 18.1. The van der Waals surface area contributed by atoms with E-state index >= 15 is 0 Å². The molecule has 2 aliphatic heterocycles. The molecule has 0 aliphatic carbocycles. The second-order valence-corrected chi connectivity index (χ2v) is 16.8. The number of nitrogens with one attached hydrogen (secondary N) is 1. The van der Waals surface area contributed by atoms with Crippen molar-refractivity contribution in [3.63, 3.8) is 0 Å². The Morgan fingerprint density at radius 3 is 2.40 bits per heavy atom. The molecule has 0 saturated carbocycles. The summed E-state index contributed by atoms with van der Waals surface area (Å²) in [6, 6.07) is 8.19. The van der Waals surface area contributed by atoms with Gasteiger partial charge in [0.15, 0.2) is 5.65 Å². The molecule has 18 heteroatoms. The van der Waals surface area contributed by atoms with Crippen LogP contribution in [0.5, 0.6) is 5.88 Å². The largest absolute Gasteiger partial charge is 0.481 e. The Balaban J connectivity index is 0.00000580. The summed E-state index contributed by atoms with van der Waals surface area (Å²) >= 11 is 0. The molecule has 2 aliphatic rings. The summed E-state index contributed by atoms with van der Waals surface area (Å²) in [5.41, 5.74) is 0.748. The Morgan fingerprint density at radius 2 is 1.76 bits per heavy atom. The molecule has 3 aromatic heterocycles. The molecule has 2 atom stereocenters. The van der Waals surface area contributed by atoms with Crippen molar-refractivity contribution in [2.24, 2.45) is 5.41 Å². The number of anilines is 1. The Hall–Kier alpha value is -3.97. The van der Waals surface area contributed by atoms with Crippen LogP contribution in [0.15, 0.2) is 41.4 Å². The fourth-order valence-corrected chi connectivity index (χ4v) is 8.97. The van der Waals surface area contributed by atoms with E-state index in [1.165, 1.54) is 16.6 Å². The van der Waals surface area contributed by atoms with Gasteiger partial charge in [0, 0.05) is 44.1 Å². The van der Waals surface area contributed by atoms with Gasteiger partial charge in [0.05, 0.1) is 25.2 Å². The van der Waals surface area contributed by atoms with Gasteiger partial charge in [0.25, 0.3) is 0 Å². The summed E-state index contributed by atoms with van der Waals surface area (Å²) in [5.74, 6) is -2.79. The number of aliphatic hydroxyl groups is 1. The van der Waals surface area contributed by atoms with Crippen LogP contribution < -0.4 is 10.1 Å². The molecule has 1 fully saturated rings. The van der Waals surface area contributed by atoms with Crippen LogP contribution in [-0.4, -0.2) is 86.5 Å². The molecule has 0 amide bonds. The minimum Gasteiger partial charge on any atom is -0.481 e. The van der Waals surface area contributed by atoms with E-state index in [4.69, 9.17) is 9.47 Å². The average molecular weight is 809 g/mol. The lowest BCUT2D eigenvalue weighted by Crippen LogP contribution is -2.50. The van der Waals surface area contributed by atoms with Gasteiger partial charge in [-0.25, -0.2) is 8.42 Å². The minimum atomic E-state index is -4.76. The molecule has 55 heavy (non-hydrogen) atoms. The van der Waals surface area contributed by atoms with Crippen LogP contribution in [-0.2, 0) is 32.3 Å². The zero-order valence-electron chi connectivity index (χ0n) is 31.5. The number of carboxylic acid groups (broad SMARTS) is 1. The quantitative estimate of drug-likeness (QED) is 0.179. The van der Waals surface area contributed by atoms with Crippen LogP contribution in [0.2, 0.25) is 0 Å². The van der Waals surface area contributed by atoms with Gasteiger partial charge in [-0.2, -0.15) is 36.0 Å². The number of carbonyl (C=O) groups is 1. The zero-order chi connectivity index (χ0) is 39.4. The van der Waals surface area contributed by atoms with Crippen molar-refractivity contribution in [1.82, 2.24) is 23.9 Å². The summed E-state index contributed by atoms with van der Waals surface area (Å²) in [7, 11) is -4.22. The number of nitrogens with zero attached hydrogens (tertiary/aromatic N) is 5. The highest BCUT2D eigenvalue weighted by Gasteiger charge is 2.47. The third-order valence-electron chi connectivity index (χ3n) is 10.6. The number of aliphatic hydroxyl groups excluding tert-OH is 1. The highest BCUT2D eigenvalue weighted by molar-refractivity contribution is 7.89. The molecular formula is C37H47F3N6O7S2. The summed E-state index contributed by atoms with van der Waals surface area (Å²) in [4.78, 5) is 17.4. The first kappa shape index (κ1) is 42.2. The molecule has 0 unspecified atom stereocenters.